The molecule has 1 unspecified atom stereocenters. The Labute approximate surface area is 136 Å². The van der Waals surface area contributed by atoms with E-state index in [1.807, 2.05) is 6.07 Å². The molecule has 1 aliphatic rings. The van der Waals surface area contributed by atoms with Crippen LogP contribution in [-0.4, -0.2) is 18.6 Å². The summed E-state index contributed by atoms with van der Waals surface area (Å²) in [5.41, 5.74) is 0.767. The predicted octanol–water partition coefficient (Wildman–Crippen LogP) is 3.26. The van der Waals surface area contributed by atoms with Gasteiger partial charge in [-0.25, -0.2) is 0 Å². The van der Waals surface area contributed by atoms with Crippen molar-refractivity contribution >= 4 is 27.5 Å². The monoisotopic (exact) mass is 360 g/mol. The quantitative estimate of drug-likeness (QED) is 0.894. The van der Waals surface area contributed by atoms with E-state index < -0.39 is 12.0 Å². The molecule has 0 saturated carbocycles. The van der Waals surface area contributed by atoms with Crippen LogP contribution in [0.2, 0.25) is 0 Å². The number of anilines is 1. The average Bonchev–Trinajstić information content (AvgIpc) is 2.55. The van der Waals surface area contributed by atoms with Crippen LogP contribution in [0.3, 0.4) is 0 Å². The lowest BCUT2D eigenvalue weighted by molar-refractivity contribution is -0.129. The van der Waals surface area contributed by atoms with Gasteiger partial charge in [0.1, 0.15) is 12.7 Å². The molecule has 1 heterocycles. The molecule has 6 heteroatoms. The zero-order chi connectivity index (χ0) is 16.1. The highest BCUT2D eigenvalue weighted by Gasteiger charge is 2.27. The maximum atomic E-state index is 12.3. The highest BCUT2D eigenvalue weighted by atomic mass is 79.9. The van der Waals surface area contributed by atoms with E-state index in [0.717, 1.165) is 4.47 Å². The number of benzene rings is 1. The Hall–Kier alpha value is -2.52. The van der Waals surface area contributed by atoms with Crippen LogP contribution in [0.25, 0.3) is 0 Å². The first-order valence-corrected chi connectivity index (χ1v) is 7.17. The summed E-state index contributed by atoms with van der Waals surface area (Å²) in [4.78, 5) is 12.3. The number of hydrogen-bond acceptors (Lipinski definition) is 4. The van der Waals surface area contributed by atoms with Crippen molar-refractivity contribution in [3.63, 3.8) is 0 Å². The Morgan fingerprint density at radius 2 is 2.14 bits per heavy atom. The number of nitrogens with zero attached hydrogens (tertiary/aromatic N) is 1. The summed E-state index contributed by atoms with van der Waals surface area (Å²) in [6.45, 7) is 7.26. The van der Waals surface area contributed by atoms with E-state index >= 15 is 0 Å². The lowest BCUT2D eigenvalue weighted by Gasteiger charge is -2.25. The molecular formula is C16H13BrN2O3. The van der Waals surface area contributed by atoms with Crippen molar-refractivity contribution < 1.29 is 14.3 Å². The summed E-state index contributed by atoms with van der Waals surface area (Å²) in [5.74, 6) is 0.402. The minimum Gasteiger partial charge on any atom is -0.485 e. The number of hydrogen-bond donors (Lipinski definition) is 1. The highest BCUT2D eigenvalue weighted by molar-refractivity contribution is 9.10. The number of ether oxygens (including phenoxy) is 2. The van der Waals surface area contributed by atoms with Gasteiger partial charge in [0.15, 0.2) is 11.5 Å². The molecule has 0 fully saturated rings. The number of allylic oxidation sites excluding steroid dienone is 2. The van der Waals surface area contributed by atoms with Crippen LogP contribution in [0, 0.1) is 11.3 Å². The Morgan fingerprint density at radius 1 is 1.41 bits per heavy atom. The smallest absolute Gasteiger partial charge is 0.269 e. The van der Waals surface area contributed by atoms with Crippen molar-refractivity contribution in [1.82, 2.24) is 0 Å². The molecule has 0 bridgehead atoms. The molecule has 112 valence electrons. The molecule has 1 aromatic rings. The molecule has 1 N–H and O–H groups in total. The van der Waals surface area contributed by atoms with Gasteiger partial charge in [-0.2, -0.15) is 5.26 Å². The molecule has 2 rings (SSSR count). The summed E-state index contributed by atoms with van der Waals surface area (Å²) >= 11 is 3.28. The number of amides is 1. The predicted molar refractivity (Wildman–Crippen MR) is 85.7 cm³/mol. The zero-order valence-corrected chi connectivity index (χ0v) is 13.2. The second-order valence-corrected chi connectivity index (χ2v) is 5.26. The summed E-state index contributed by atoms with van der Waals surface area (Å²) < 4.78 is 11.7. The first kappa shape index (κ1) is 15.9. The van der Waals surface area contributed by atoms with Gasteiger partial charge >= 0.3 is 0 Å². The van der Waals surface area contributed by atoms with Gasteiger partial charge < -0.3 is 14.8 Å². The van der Waals surface area contributed by atoms with Crippen molar-refractivity contribution in [2.75, 3.05) is 11.9 Å². The number of nitrogens with one attached hydrogen (secondary N) is 1. The van der Waals surface area contributed by atoms with Gasteiger partial charge in [0, 0.05) is 4.47 Å². The number of carbonyl (C=O) groups excluding carboxylic acids is 1. The minimum absolute atomic E-state index is 0.0585. The van der Waals surface area contributed by atoms with Gasteiger partial charge in [-0.3, -0.25) is 4.79 Å². The standard InChI is InChI=1S/C16H13BrN2O3/c1-3-13-14(4-2)22-15(9-21-13)16(20)19-12-6-5-11(17)7-10(12)8-18/h3-7,15H,1-2,9H2,(H,19,20). The number of carbonyl (C=O) groups is 1. The van der Waals surface area contributed by atoms with E-state index in [4.69, 9.17) is 14.7 Å². The molecule has 0 aromatic heterocycles. The van der Waals surface area contributed by atoms with Crippen LogP contribution in [0.4, 0.5) is 5.69 Å². The number of halogens is 1. The second-order valence-electron chi connectivity index (χ2n) is 4.35. The van der Waals surface area contributed by atoms with Crippen molar-refractivity contribution in [1.29, 1.82) is 5.26 Å². The SMILES string of the molecule is C=CC1=C(C=C)OC(C(=O)Nc2ccc(Br)cc2C#N)CO1. The van der Waals surface area contributed by atoms with Gasteiger partial charge in [-0.05, 0) is 30.4 Å². The maximum absolute atomic E-state index is 12.3. The molecule has 1 amide bonds. The molecule has 0 spiro atoms. The average molecular weight is 361 g/mol. The number of rotatable bonds is 4. The van der Waals surface area contributed by atoms with Gasteiger partial charge in [0.2, 0.25) is 6.10 Å². The highest BCUT2D eigenvalue weighted by Crippen LogP contribution is 2.23. The van der Waals surface area contributed by atoms with Crippen LogP contribution in [0.5, 0.6) is 0 Å². The van der Waals surface area contributed by atoms with Gasteiger partial charge in [0.05, 0.1) is 11.3 Å². The van der Waals surface area contributed by atoms with Gasteiger partial charge in [0.25, 0.3) is 5.91 Å². The fourth-order valence-corrected chi connectivity index (χ4v) is 2.21. The summed E-state index contributed by atoms with van der Waals surface area (Å²) in [6.07, 6.45) is 2.12. The van der Waals surface area contributed by atoms with Crippen molar-refractivity contribution in [2.45, 2.75) is 6.10 Å². The Morgan fingerprint density at radius 3 is 2.77 bits per heavy atom. The summed E-state index contributed by atoms with van der Waals surface area (Å²) in [5, 5.41) is 11.8. The van der Waals surface area contributed by atoms with Crippen molar-refractivity contribution in [3.8, 4) is 6.07 Å². The third kappa shape index (κ3) is 3.38. The van der Waals surface area contributed by atoms with E-state index in [9.17, 15) is 4.79 Å². The van der Waals surface area contributed by atoms with Crippen LogP contribution < -0.4 is 5.32 Å². The molecule has 1 aliphatic heterocycles. The second kappa shape index (κ2) is 6.96. The largest absolute Gasteiger partial charge is 0.485 e. The molecule has 1 atom stereocenters. The van der Waals surface area contributed by atoms with E-state index in [1.54, 1.807) is 18.2 Å². The fourth-order valence-electron chi connectivity index (χ4n) is 1.85. The fraction of sp³-hybridized carbons (Fsp3) is 0.125. The number of nitriles is 1. The summed E-state index contributed by atoms with van der Waals surface area (Å²) in [6, 6.07) is 7.03. The Kier molecular flexibility index (Phi) is 5.02. The molecule has 5 nitrogen and oxygen atoms in total. The third-order valence-corrected chi connectivity index (χ3v) is 3.42. The first-order chi connectivity index (χ1) is 10.6. The van der Waals surface area contributed by atoms with Gasteiger partial charge in [-0.15, -0.1) is 0 Å². The third-order valence-electron chi connectivity index (χ3n) is 2.93. The normalized spacial score (nSPS) is 16.8. The maximum Gasteiger partial charge on any atom is 0.269 e. The Balaban J connectivity index is 2.14. The van der Waals surface area contributed by atoms with E-state index in [2.05, 4.69) is 34.4 Å². The lowest BCUT2D eigenvalue weighted by atomic mass is 10.2. The lowest BCUT2D eigenvalue weighted by Crippen LogP contribution is -2.37. The van der Waals surface area contributed by atoms with Crippen LogP contribution >= 0.6 is 15.9 Å². The van der Waals surface area contributed by atoms with Crippen molar-refractivity contribution in [3.05, 3.63) is 65.1 Å². The summed E-state index contributed by atoms with van der Waals surface area (Å²) in [7, 11) is 0. The van der Waals surface area contributed by atoms with Crippen LogP contribution in [-0.2, 0) is 14.3 Å². The zero-order valence-electron chi connectivity index (χ0n) is 11.6. The van der Waals surface area contributed by atoms with E-state index in [1.165, 1.54) is 12.2 Å². The van der Waals surface area contributed by atoms with Crippen molar-refractivity contribution in [2.24, 2.45) is 0 Å². The Bertz CT molecular complexity index is 704. The molecule has 0 saturated heterocycles. The van der Waals surface area contributed by atoms with Crippen LogP contribution in [0.15, 0.2) is 59.5 Å². The molecule has 0 aliphatic carbocycles. The molecule has 1 aromatic carbocycles. The van der Waals surface area contributed by atoms with Crippen LogP contribution in [0.1, 0.15) is 5.56 Å². The van der Waals surface area contributed by atoms with E-state index in [-0.39, 0.29) is 6.61 Å². The minimum atomic E-state index is -0.827. The molecule has 0 radical (unpaired) electrons. The first-order valence-electron chi connectivity index (χ1n) is 6.38. The topological polar surface area (TPSA) is 71.3 Å². The van der Waals surface area contributed by atoms with Gasteiger partial charge in [-0.1, -0.05) is 29.1 Å². The molecule has 22 heavy (non-hydrogen) atoms. The van der Waals surface area contributed by atoms with E-state index in [0.29, 0.717) is 22.8 Å². The molecular weight excluding hydrogens is 348 g/mol.